The number of hydrogen-bond donors (Lipinski definition) is 0. The van der Waals surface area contributed by atoms with Gasteiger partial charge in [0.1, 0.15) is 0 Å². The largest absolute Gasteiger partial charge is 0.465 e. The van der Waals surface area contributed by atoms with Crippen molar-refractivity contribution in [1.29, 1.82) is 0 Å². The van der Waals surface area contributed by atoms with Gasteiger partial charge >= 0.3 is 18.1 Å². The van der Waals surface area contributed by atoms with Crippen LogP contribution in [0.1, 0.15) is 46.0 Å². The summed E-state index contributed by atoms with van der Waals surface area (Å²) in [6, 6.07) is 0. The highest BCUT2D eigenvalue weighted by atomic mass is 32.2. The number of ether oxygens (including phenoxy) is 1. The number of alkyl halides is 5. The van der Waals surface area contributed by atoms with E-state index in [4.69, 9.17) is 4.74 Å². The van der Waals surface area contributed by atoms with E-state index in [0.29, 0.717) is 18.8 Å². The molecule has 0 heterocycles. The summed E-state index contributed by atoms with van der Waals surface area (Å²) in [4.78, 5) is 11.4. The maximum Gasteiger partial charge on any atom is 0.453 e. The van der Waals surface area contributed by atoms with E-state index in [1.165, 1.54) is 11.8 Å². The van der Waals surface area contributed by atoms with Crippen molar-refractivity contribution in [2.24, 2.45) is 0 Å². The van der Waals surface area contributed by atoms with Gasteiger partial charge in [0.05, 0.1) is 11.9 Å². The monoisotopic (exact) mass is 336 g/mol. The number of halogens is 5. The number of hydrogen-bond acceptors (Lipinski definition) is 3. The van der Waals surface area contributed by atoms with E-state index in [-0.39, 0.29) is 24.1 Å². The molecule has 0 aromatic rings. The minimum Gasteiger partial charge on any atom is -0.465 e. The first kappa shape index (κ1) is 20.5. The summed E-state index contributed by atoms with van der Waals surface area (Å²) in [6.07, 6.45) is -5.35. The zero-order valence-electron chi connectivity index (χ0n) is 12.1. The van der Waals surface area contributed by atoms with E-state index >= 15 is 0 Å². The zero-order chi connectivity index (χ0) is 16.5. The average molecular weight is 336 g/mol. The maximum atomic E-state index is 12.6. The van der Waals surface area contributed by atoms with Crippen LogP contribution in [0.3, 0.4) is 0 Å². The molecule has 0 rings (SSSR count). The van der Waals surface area contributed by atoms with Crippen LogP contribution in [0.2, 0.25) is 0 Å². The Bertz CT molecular complexity index is 307. The van der Waals surface area contributed by atoms with Gasteiger partial charge in [0.25, 0.3) is 0 Å². The van der Waals surface area contributed by atoms with Crippen molar-refractivity contribution < 1.29 is 31.5 Å². The third-order valence-electron chi connectivity index (χ3n) is 2.70. The molecule has 0 N–H and O–H groups in total. The molecular formula is C13H21F5O2S. The van der Waals surface area contributed by atoms with Crippen LogP contribution in [0.25, 0.3) is 0 Å². The standard InChI is InChI=1S/C13H21F5O2S/c1-3-8-20-11(19)10(2)21-9-6-4-5-7-12(14,15)13(16,17)18/h10H,3-9H2,1-2H3. The van der Waals surface area contributed by atoms with Crippen LogP contribution in [0.4, 0.5) is 22.0 Å². The highest BCUT2D eigenvalue weighted by Crippen LogP contribution is 2.39. The predicted molar refractivity (Wildman–Crippen MR) is 72.6 cm³/mol. The minimum absolute atomic E-state index is 0.193. The molecule has 0 aliphatic rings. The lowest BCUT2D eigenvalue weighted by molar-refractivity contribution is -0.284. The topological polar surface area (TPSA) is 26.3 Å². The highest BCUT2D eigenvalue weighted by Gasteiger charge is 2.56. The second-order valence-corrected chi connectivity index (χ2v) is 6.14. The second kappa shape index (κ2) is 9.48. The molecular weight excluding hydrogens is 315 g/mol. The van der Waals surface area contributed by atoms with Gasteiger partial charge in [0.2, 0.25) is 0 Å². The molecule has 0 aromatic heterocycles. The first-order valence-electron chi connectivity index (χ1n) is 6.84. The Morgan fingerprint density at radius 2 is 1.76 bits per heavy atom. The lowest BCUT2D eigenvalue weighted by Crippen LogP contribution is -2.36. The summed E-state index contributed by atoms with van der Waals surface area (Å²) in [5.41, 5.74) is 0. The van der Waals surface area contributed by atoms with Crippen LogP contribution in [0, 0.1) is 0 Å². The zero-order valence-corrected chi connectivity index (χ0v) is 13.0. The van der Waals surface area contributed by atoms with E-state index in [1.54, 1.807) is 6.92 Å². The fourth-order valence-corrected chi connectivity index (χ4v) is 2.34. The normalized spacial score (nSPS) is 14.0. The summed E-state index contributed by atoms with van der Waals surface area (Å²) in [5, 5.41) is -0.354. The van der Waals surface area contributed by atoms with Gasteiger partial charge in [-0.2, -0.15) is 22.0 Å². The SMILES string of the molecule is CCCOC(=O)C(C)SCCCCCC(F)(F)C(F)(F)F. The molecule has 0 saturated heterocycles. The molecule has 126 valence electrons. The number of rotatable bonds is 10. The quantitative estimate of drug-likeness (QED) is 0.325. The van der Waals surface area contributed by atoms with Gasteiger partial charge in [-0.3, -0.25) is 4.79 Å². The van der Waals surface area contributed by atoms with Crippen molar-refractivity contribution in [1.82, 2.24) is 0 Å². The van der Waals surface area contributed by atoms with Crippen molar-refractivity contribution in [3.05, 3.63) is 0 Å². The summed E-state index contributed by atoms with van der Waals surface area (Å²) < 4.78 is 65.8. The smallest absolute Gasteiger partial charge is 0.453 e. The van der Waals surface area contributed by atoms with Gasteiger partial charge in [-0.15, -0.1) is 11.8 Å². The molecule has 0 aliphatic heterocycles. The van der Waals surface area contributed by atoms with E-state index in [2.05, 4.69) is 0 Å². The number of esters is 1. The molecule has 0 fully saturated rings. The van der Waals surface area contributed by atoms with Gasteiger partial charge in [0, 0.05) is 6.42 Å². The van der Waals surface area contributed by atoms with Crippen LogP contribution < -0.4 is 0 Å². The Morgan fingerprint density at radius 3 is 2.29 bits per heavy atom. The Balaban J connectivity index is 3.71. The van der Waals surface area contributed by atoms with E-state index < -0.39 is 18.5 Å². The minimum atomic E-state index is -5.47. The van der Waals surface area contributed by atoms with E-state index in [0.717, 1.165) is 6.42 Å². The third kappa shape index (κ3) is 8.48. The van der Waals surface area contributed by atoms with Crippen molar-refractivity contribution >= 4 is 17.7 Å². The first-order chi connectivity index (χ1) is 9.62. The van der Waals surface area contributed by atoms with Gasteiger partial charge < -0.3 is 4.74 Å². The number of carbonyl (C=O) groups excluding carboxylic acids is 1. The van der Waals surface area contributed by atoms with Gasteiger partial charge in [0.15, 0.2) is 0 Å². The Kier molecular flexibility index (Phi) is 9.24. The van der Waals surface area contributed by atoms with Gasteiger partial charge in [-0.25, -0.2) is 0 Å². The molecule has 0 bridgehead atoms. The van der Waals surface area contributed by atoms with E-state index in [1.807, 2.05) is 6.92 Å². The molecule has 0 aliphatic carbocycles. The summed E-state index contributed by atoms with van der Waals surface area (Å²) in [5.74, 6) is -4.41. The van der Waals surface area contributed by atoms with Crippen molar-refractivity contribution in [2.45, 2.75) is 63.3 Å². The number of thioether (sulfide) groups is 1. The summed E-state index contributed by atoms with van der Waals surface area (Å²) in [6.45, 7) is 3.92. The average Bonchev–Trinajstić information content (AvgIpc) is 2.38. The van der Waals surface area contributed by atoms with Gasteiger partial charge in [-0.05, 0) is 31.9 Å². The third-order valence-corrected chi connectivity index (χ3v) is 3.91. The van der Waals surface area contributed by atoms with E-state index in [9.17, 15) is 26.7 Å². The Hall–Kier alpha value is -0.530. The molecule has 1 unspecified atom stereocenters. The second-order valence-electron chi connectivity index (χ2n) is 4.69. The van der Waals surface area contributed by atoms with Crippen molar-refractivity contribution in [3.63, 3.8) is 0 Å². The fourth-order valence-electron chi connectivity index (χ4n) is 1.42. The number of carbonyl (C=O) groups is 1. The molecule has 0 amide bonds. The molecule has 21 heavy (non-hydrogen) atoms. The van der Waals surface area contributed by atoms with Gasteiger partial charge in [-0.1, -0.05) is 13.3 Å². The summed E-state index contributed by atoms with van der Waals surface area (Å²) in [7, 11) is 0. The summed E-state index contributed by atoms with van der Waals surface area (Å²) >= 11 is 1.31. The molecule has 1 atom stereocenters. The molecule has 0 saturated carbocycles. The molecule has 0 radical (unpaired) electrons. The Labute approximate surface area is 125 Å². The van der Waals surface area contributed by atoms with Crippen molar-refractivity contribution in [3.8, 4) is 0 Å². The fraction of sp³-hybridized carbons (Fsp3) is 0.923. The first-order valence-corrected chi connectivity index (χ1v) is 7.89. The van der Waals surface area contributed by atoms with Crippen LogP contribution in [0.5, 0.6) is 0 Å². The van der Waals surface area contributed by atoms with Crippen LogP contribution in [0.15, 0.2) is 0 Å². The maximum absolute atomic E-state index is 12.6. The Morgan fingerprint density at radius 1 is 1.14 bits per heavy atom. The van der Waals surface area contributed by atoms with Crippen LogP contribution in [-0.2, 0) is 9.53 Å². The van der Waals surface area contributed by atoms with Crippen LogP contribution in [-0.4, -0.2) is 35.7 Å². The number of unbranched alkanes of at least 4 members (excludes halogenated alkanes) is 2. The van der Waals surface area contributed by atoms with Crippen LogP contribution >= 0.6 is 11.8 Å². The lowest BCUT2D eigenvalue weighted by Gasteiger charge is -2.19. The van der Waals surface area contributed by atoms with Crippen molar-refractivity contribution in [2.75, 3.05) is 12.4 Å². The molecule has 2 nitrogen and oxygen atoms in total. The highest BCUT2D eigenvalue weighted by molar-refractivity contribution is 8.00. The molecule has 0 spiro atoms. The molecule has 0 aromatic carbocycles. The lowest BCUT2D eigenvalue weighted by atomic mass is 10.1. The molecule has 8 heteroatoms. The predicted octanol–water partition coefficient (Wildman–Crippen LogP) is 4.82.